The van der Waals surface area contributed by atoms with E-state index in [1.54, 1.807) is 18.2 Å². The van der Waals surface area contributed by atoms with E-state index in [0.29, 0.717) is 21.5 Å². The van der Waals surface area contributed by atoms with Crippen LogP contribution in [0.4, 0.5) is 11.4 Å². The first-order valence-corrected chi connectivity index (χ1v) is 10.7. The fourth-order valence-electron chi connectivity index (χ4n) is 2.63. The van der Waals surface area contributed by atoms with Crippen molar-refractivity contribution < 1.29 is 22.7 Å². The molecule has 0 saturated carbocycles. The average molecular weight is 447 g/mol. The van der Waals surface area contributed by atoms with Gasteiger partial charge in [0.2, 0.25) is 15.9 Å². The second-order valence-electron chi connectivity index (χ2n) is 5.88. The van der Waals surface area contributed by atoms with E-state index in [0.717, 1.165) is 10.6 Å². The number of halogens is 2. The zero-order valence-corrected chi connectivity index (χ0v) is 18.0. The molecule has 0 spiro atoms. The van der Waals surface area contributed by atoms with E-state index in [-0.39, 0.29) is 11.4 Å². The Morgan fingerprint density at radius 2 is 1.57 bits per heavy atom. The zero-order chi connectivity index (χ0) is 21.1. The van der Waals surface area contributed by atoms with Crippen molar-refractivity contribution in [2.24, 2.45) is 0 Å². The van der Waals surface area contributed by atoms with Gasteiger partial charge in [0.15, 0.2) is 0 Å². The first kappa shape index (κ1) is 22.1. The van der Waals surface area contributed by atoms with Crippen LogP contribution in [-0.2, 0) is 14.8 Å². The monoisotopic (exact) mass is 446 g/mol. The molecule has 0 fully saturated rings. The van der Waals surface area contributed by atoms with Gasteiger partial charge in [-0.1, -0.05) is 23.2 Å². The van der Waals surface area contributed by atoms with E-state index in [1.807, 2.05) is 0 Å². The molecule has 0 saturated heterocycles. The number of methoxy groups -OCH3 is 2. The van der Waals surface area contributed by atoms with Crippen molar-refractivity contribution in [2.75, 3.05) is 30.1 Å². The highest BCUT2D eigenvalue weighted by molar-refractivity contribution is 7.92. The zero-order valence-electron chi connectivity index (χ0n) is 15.7. The molecule has 28 heavy (non-hydrogen) atoms. The average Bonchev–Trinajstić information content (AvgIpc) is 2.61. The van der Waals surface area contributed by atoms with Crippen LogP contribution in [0.1, 0.15) is 6.92 Å². The summed E-state index contributed by atoms with van der Waals surface area (Å²) in [5.74, 6) is 0.0547. The van der Waals surface area contributed by atoms with Crippen LogP contribution in [0.3, 0.4) is 0 Å². The molecular formula is C18H20Cl2N2O5S. The molecule has 2 rings (SSSR count). The quantitative estimate of drug-likeness (QED) is 0.698. The van der Waals surface area contributed by atoms with Crippen LogP contribution in [0.5, 0.6) is 11.5 Å². The number of anilines is 2. The number of nitrogens with one attached hydrogen (secondary N) is 1. The van der Waals surface area contributed by atoms with Gasteiger partial charge >= 0.3 is 0 Å². The predicted molar refractivity (Wildman–Crippen MR) is 111 cm³/mol. The van der Waals surface area contributed by atoms with Gasteiger partial charge in [0.1, 0.15) is 17.5 Å². The topological polar surface area (TPSA) is 84.9 Å². The number of amides is 1. The highest BCUT2D eigenvalue weighted by atomic mass is 35.5. The second-order valence-corrected chi connectivity index (χ2v) is 8.62. The number of ether oxygens (including phenoxy) is 2. The molecule has 2 aromatic rings. The molecule has 2 aromatic carbocycles. The van der Waals surface area contributed by atoms with Crippen LogP contribution < -0.4 is 19.1 Å². The normalized spacial score (nSPS) is 12.2. The predicted octanol–water partition coefficient (Wildman–Crippen LogP) is 3.80. The van der Waals surface area contributed by atoms with E-state index in [4.69, 9.17) is 32.7 Å². The van der Waals surface area contributed by atoms with Gasteiger partial charge in [0.05, 0.1) is 31.9 Å². The summed E-state index contributed by atoms with van der Waals surface area (Å²) in [5, 5.41) is 3.34. The maximum absolute atomic E-state index is 12.8. The van der Waals surface area contributed by atoms with Gasteiger partial charge in [-0.15, -0.1) is 0 Å². The fourth-order valence-corrected chi connectivity index (χ4v) is 4.14. The number of hydrogen-bond donors (Lipinski definition) is 1. The minimum absolute atomic E-state index is 0.151. The highest BCUT2D eigenvalue weighted by Gasteiger charge is 2.32. The van der Waals surface area contributed by atoms with Crippen molar-refractivity contribution in [3.8, 4) is 11.5 Å². The molecule has 0 radical (unpaired) electrons. The van der Waals surface area contributed by atoms with Gasteiger partial charge in [-0.3, -0.25) is 9.10 Å². The molecule has 10 heteroatoms. The number of hydrogen-bond acceptors (Lipinski definition) is 5. The Labute approximate surface area is 174 Å². The fraction of sp³-hybridized carbons (Fsp3) is 0.278. The lowest BCUT2D eigenvalue weighted by molar-refractivity contribution is -0.116. The van der Waals surface area contributed by atoms with Crippen molar-refractivity contribution in [1.82, 2.24) is 0 Å². The van der Waals surface area contributed by atoms with Crippen LogP contribution in [0.15, 0.2) is 36.4 Å². The molecule has 1 N–H and O–H groups in total. The summed E-state index contributed by atoms with van der Waals surface area (Å²) in [6.45, 7) is 1.45. The van der Waals surface area contributed by atoms with Crippen molar-refractivity contribution in [2.45, 2.75) is 13.0 Å². The Bertz CT molecular complexity index is 982. The second kappa shape index (κ2) is 8.89. The maximum atomic E-state index is 12.8. The first-order valence-electron chi connectivity index (χ1n) is 8.05. The molecule has 152 valence electrons. The minimum atomic E-state index is -3.85. The summed E-state index contributed by atoms with van der Waals surface area (Å²) in [6, 6.07) is 8.11. The van der Waals surface area contributed by atoms with E-state index in [2.05, 4.69) is 5.32 Å². The molecule has 0 aliphatic heterocycles. The van der Waals surface area contributed by atoms with E-state index in [9.17, 15) is 13.2 Å². The number of rotatable bonds is 7. The lowest BCUT2D eigenvalue weighted by Crippen LogP contribution is -2.45. The summed E-state index contributed by atoms with van der Waals surface area (Å²) in [4.78, 5) is 12.8. The molecule has 1 atom stereocenters. The minimum Gasteiger partial charge on any atom is -0.495 e. The highest BCUT2D eigenvalue weighted by Crippen LogP contribution is 2.35. The number of sulfonamides is 1. The molecule has 0 aliphatic rings. The van der Waals surface area contributed by atoms with E-state index >= 15 is 0 Å². The molecule has 0 heterocycles. The van der Waals surface area contributed by atoms with Gasteiger partial charge in [-0.2, -0.15) is 0 Å². The molecule has 1 unspecified atom stereocenters. The van der Waals surface area contributed by atoms with Gasteiger partial charge in [0.25, 0.3) is 0 Å². The number of nitrogens with zero attached hydrogens (tertiary/aromatic N) is 1. The van der Waals surface area contributed by atoms with Crippen molar-refractivity contribution in [3.05, 3.63) is 46.4 Å². The molecule has 0 aromatic heterocycles. The summed E-state index contributed by atoms with van der Waals surface area (Å²) in [6.07, 6.45) is 0.997. The van der Waals surface area contributed by atoms with Crippen LogP contribution >= 0.6 is 23.2 Å². The van der Waals surface area contributed by atoms with Crippen LogP contribution in [0, 0.1) is 0 Å². The van der Waals surface area contributed by atoms with Crippen molar-refractivity contribution in [1.29, 1.82) is 0 Å². The first-order chi connectivity index (χ1) is 13.1. The molecule has 0 bridgehead atoms. The third-order valence-corrected chi connectivity index (χ3v) is 5.58. The smallest absolute Gasteiger partial charge is 0.248 e. The molecule has 0 aliphatic carbocycles. The lowest BCUT2D eigenvalue weighted by Gasteiger charge is -2.29. The van der Waals surface area contributed by atoms with Gasteiger partial charge in [0, 0.05) is 10.0 Å². The van der Waals surface area contributed by atoms with Crippen LogP contribution in [-0.4, -0.2) is 40.8 Å². The standard InChI is InChI=1S/C18H20Cl2N2O5S/c1-11(18(23)21-14-9-12(19)5-7-16(14)26-2)22(28(4,24)25)15-10-13(20)6-8-17(15)27-3/h5-11H,1-4H3,(H,21,23). The molecule has 1 amide bonds. The Kier molecular flexibility index (Phi) is 7.03. The Balaban J connectivity index is 2.45. The largest absolute Gasteiger partial charge is 0.495 e. The van der Waals surface area contributed by atoms with E-state index in [1.165, 1.54) is 39.3 Å². The molecular weight excluding hydrogens is 427 g/mol. The van der Waals surface area contributed by atoms with Gasteiger partial charge < -0.3 is 14.8 Å². The van der Waals surface area contributed by atoms with Crippen LogP contribution in [0.25, 0.3) is 0 Å². The van der Waals surface area contributed by atoms with E-state index < -0.39 is 22.0 Å². The third-order valence-electron chi connectivity index (χ3n) is 3.89. The Morgan fingerprint density at radius 3 is 2.11 bits per heavy atom. The molecule has 7 nitrogen and oxygen atoms in total. The number of carbonyl (C=O) groups is 1. The Hall–Kier alpha value is -2.16. The SMILES string of the molecule is COc1ccc(Cl)cc1NC(=O)C(C)N(c1cc(Cl)ccc1OC)S(C)(=O)=O. The van der Waals surface area contributed by atoms with Gasteiger partial charge in [-0.05, 0) is 43.3 Å². The number of benzene rings is 2. The Morgan fingerprint density at radius 1 is 1.04 bits per heavy atom. The van der Waals surface area contributed by atoms with Crippen LogP contribution in [0.2, 0.25) is 10.0 Å². The summed E-state index contributed by atoms with van der Waals surface area (Å²) in [7, 11) is -1.01. The van der Waals surface area contributed by atoms with Crippen molar-refractivity contribution >= 4 is 50.5 Å². The summed E-state index contributed by atoms with van der Waals surface area (Å²) in [5.41, 5.74) is 0.469. The summed E-state index contributed by atoms with van der Waals surface area (Å²) >= 11 is 12.0. The van der Waals surface area contributed by atoms with Crippen molar-refractivity contribution in [3.63, 3.8) is 0 Å². The lowest BCUT2D eigenvalue weighted by atomic mass is 10.2. The number of carbonyl (C=O) groups excluding carboxylic acids is 1. The maximum Gasteiger partial charge on any atom is 0.248 e. The summed E-state index contributed by atoms with van der Waals surface area (Å²) < 4.78 is 36.4. The third kappa shape index (κ3) is 5.01. The van der Waals surface area contributed by atoms with Gasteiger partial charge in [-0.25, -0.2) is 8.42 Å².